The summed E-state index contributed by atoms with van der Waals surface area (Å²) in [4.78, 5) is 10.7. The fourth-order valence-electron chi connectivity index (χ4n) is 1.20. The zero-order chi connectivity index (χ0) is 11.1. The molecule has 0 bridgehead atoms. The van der Waals surface area contributed by atoms with Gasteiger partial charge in [-0.1, -0.05) is 12.1 Å². The lowest BCUT2D eigenvalue weighted by molar-refractivity contribution is -0.117. The Kier molecular flexibility index (Phi) is 4.84. The Morgan fingerprint density at radius 2 is 2.20 bits per heavy atom. The molecule has 3 nitrogen and oxygen atoms in total. The van der Waals surface area contributed by atoms with E-state index < -0.39 is 0 Å². The fraction of sp³-hybridized carbons (Fsp3) is 0.417. The van der Waals surface area contributed by atoms with Crippen LogP contribution in [0, 0.1) is 0 Å². The van der Waals surface area contributed by atoms with Gasteiger partial charge >= 0.3 is 0 Å². The van der Waals surface area contributed by atoms with E-state index in [0.29, 0.717) is 19.6 Å². The second kappa shape index (κ2) is 6.19. The first-order chi connectivity index (χ1) is 7.22. The zero-order valence-electron chi connectivity index (χ0n) is 9.16. The number of hydrogen-bond donors (Lipinski definition) is 0. The number of rotatable bonds is 6. The molecular formula is C12H16O3. The lowest BCUT2D eigenvalue weighted by Crippen LogP contribution is -2.02. The smallest absolute Gasteiger partial charge is 0.133 e. The second-order valence-electron chi connectivity index (χ2n) is 3.38. The van der Waals surface area contributed by atoms with Crippen molar-refractivity contribution in [3.8, 4) is 5.75 Å². The van der Waals surface area contributed by atoms with E-state index in [4.69, 9.17) is 9.47 Å². The third-order valence-electron chi connectivity index (χ3n) is 1.93. The highest BCUT2D eigenvalue weighted by Crippen LogP contribution is 2.14. The van der Waals surface area contributed by atoms with Gasteiger partial charge in [0, 0.05) is 13.5 Å². The summed E-state index contributed by atoms with van der Waals surface area (Å²) < 4.78 is 10.4. The number of methoxy groups -OCH3 is 1. The van der Waals surface area contributed by atoms with Crippen LogP contribution in [-0.2, 0) is 16.1 Å². The Balaban J connectivity index is 2.46. The van der Waals surface area contributed by atoms with Crippen molar-refractivity contribution in [1.29, 1.82) is 0 Å². The molecule has 15 heavy (non-hydrogen) atoms. The molecule has 0 spiro atoms. The lowest BCUT2D eigenvalue weighted by Gasteiger charge is -2.06. The van der Waals surface area contributed by atoms with Crippen molar-refractivity contribution in [3.63, 3.8) is 0 Å². The van der Waals surface area contributed by atoms with Gasteiger partial charge < -0.3 is 9.47 Å². The van der Waals surface area contributed by atoms with Crippen LogP contribution in [0.1, 0.15) is 18.9 Å². The Bertz CT molecular complexity index is 320. The Morgan fingerprint density at radius 1 is 1.40 bits per heavy atom. The van der Waals surface area contributed by atoms with E-state index in [1.165, 1.54) is 0 Å². The molecule has 0 amide bonds. The van der Waals surface area contributed by atoms with E-state index in [1.807, 2.05) is 24.3 Å². The fourth-order valence-corrected chi connectivity index (χ4v) is 1.20. The summed E-state index contributed by atoms with van der Waals surface area (Å²) in [5, 5.41) is 0. The maximum atomic E-state index is 10.7. The van der Waals surface area contributed by atoms with Crippen LogP contribution in [0.5, 0.6) is 5.75 Å². The largest absolute Gasteiger partial charge is 0.493 e. The Hall–Kier alpha value is -1.35. The lowest BCUT2D eigenvalue weighted by atomic mass is 10.2. The van der Waals surface area contributed by atoms with E-state index >= 15 is 0 Å². The molecular weight excluding hydrogens is 192 g/mol. The first-order valence-corrected chi connectivity index (χ1v) is 4.92. The number of hydrogen-bond acceptors (Lipinski definition) is 3. The summed E-state index contributed by atoms with van der Waals surface area (Å²) in [6.07, 6.45) is 0.453. The molecule has 1 rings (SSSR count). The van der Waals surface area contributed by atoms with Gasteiger partial charge in [0.25, 0.3) is 0 Å². The van der Waals surface area contributed by atoms with Crippen LogP contribution in [0.15, 0.2) is 24.3 Å². The van der Waals surface area contributed by atoms with Gasteiger partial charge in [-0.05, 0) is 24.6 Å². The molecule has 0 radical (unpaired) electrons. The summed E-state index contributed by atoms with van der Waals surface area (Å²) in [6.45, 7) is 2.57. The summed E-state index contributed by atoms with van der Waals surface area (Å²) in [7, 11) is 1.66. The van der Waals surface area contributed by atoms with Crippen molar-refractivity contribution in [2.75, 3.05) is 13.7 Å². The summed E-state index contributed by atoms with van der Waals surface area (Å²) in [5.74, 6) is 0.925. The van der Waals surface area contributed by atoms with Crippen molar-refractivity contribution in [3.05, 3.63) is 29.8 Å². The maximum Gasteiger partial charge on any atom is 0.133 e. The molecule has 0 saturated carbocycles. The van der Waals surface area contributed by atoms with Crippen LogP contribution in [-0.4, -0.2) is 19.5 Å². The normalized spacial score (nSPS) is 10.0. The second-order valence-corrected chi connectivity index (χ2v) is 3.38. The molecule has 82 valence electrons. The van der Waals surface area contributed by atoms with Gasteiger partial charge in [-0.25, -0.2) is 0 Å². The van der Waals surface area contributed by atoms with Crippen LogP contribution in [0.25, 0.3) is 0 Å². The Morgan fingerprint density at radius 3 is 2.87 bits per heavy atom. The highest BCUT2D eigenvalue weighted by Gasteiger charge is 1.98. The number of ketones is 1. The average molecular weight is 208 g/mol. The van der Waals surface area contributed by atoms with Crippen LogP contribution in [0.4, 0.5) is 0 Å². The van der Waals surface area contributed by atoms with Crippen LogP contribution >= 0.6 is 0 Å². The SMILES string of the molecule is COCc1cccc(OCCC(C)=O)c1. The van der Waals surface area contributed by atoms with Gasteiger partial charge in [-0.15, -0.1) is 0 Å². The molecule has 0 N–H and O–H groups in total. The minimum absolute atomic E-state index is 0.142. The standard InChI is InChI=1S/C12H16O3/c1-10(13)6-7-15-12-5-3-4-11(8-12)9-14-2/h3-5,8H,6-7,9H2,1-2H3. The monoisotopic (exact) mass is 208 g/mol. The van der Waals surface area contributed by atoms with Gasteiger partial charge in [0.15, 0.2) is 0 Å². The first-order valence-electron chi connectivity index (χ1n) is 4.92. The summed E-state index contributed by atoms with van der Waals surface area (Å²) in [6, 6.07) is 7.68. The zero-order valence-corrected chi connectivity index (χ0v) is 9.16. The third kappa shape index (κ3) is 4.61. The third-order valence-corrected chi connectivity index (χ3v) is 1.93. The maximum absolute atomic E-state index is 10.7. The predicted octanol–water partition coefficient (Wildman–Crippen LogP) is 2.19. The summed E-state index contributed by atoms with van der Waals surface area (Å²) >= 11 is 0. The number of ether oxygens (including phenoxy) is 2. The van der Waals surface area contributed by atoms with Gasteiger partial charge in [0.05, 0.1) is 13.2 Å². The molecule has 0 aromatic heterocycles. The van der Waals surface area contributed by atoms with Crippen molar-refractivity contribution in [2.24, 2.45) is 0 Å². The van der Waals surface area contributed by atoms with E-state index in [2.05, 4.69) is 0 Å². The van der Waals surface area contributed by atoms with Gasteiger partial charge in [-0.2, -0.15) is 0 Å². The van der Waals surface area contributed by atoms with Crippen LogP contribution < -0.4 is 4.74 Å². The molecule has 0 heterocycles. The van der Waals surface area contributed by atoms with Crippen LogP contribution in [0.2, 0.25) is 0 Å². The molecule has 0 fully saturated rings. The minimum atomic E-state index is 0.142. The first kappa shape index (κ1) is 11.7. The topological polar surface area (TPSA) is 35.5 Å². The average Bonchev–Trinajstić information content (AvgIpc) is 2.18. The number of Topliss-reactive ketones (excluding diaryl/α,β-unsaturated/α-hetero) is 1. The highest BCUT2D eigenvalue weighted by atomic mass is 16.5. The van der Waals surface area contributed by atoms with E-state index in [0.717, 1.165) is 11.3 Å². The molecule has 3 heteroatoms. The summed E-state index contributed by atoms with van der Waals surface area (Å²) in [5.41, 5.74) is 1.07. The van der Waals surface area contributed by atoms with Crippen LogP contribution in [0.3, 0.4) is 0 Å². The number of benzene rings is 1. The quantitative estimate of drug-likeness (QED) is 0.718. The van der Waals surface area contributed by atoms with E-state index in [-0.39, 0.29) is 5.78 Å². The molecule has 0 saturated heterocycles. The van der Waals surface area contributed by atoms with Crippen molar-refractivity contribution >= 4 is 5.78 Å². The van der Waals surface area contributed by atoms with Gasteiger partial charge in [-0.3, -0.25) is 4.79 Å². The molecule has 0 aliphatic heterocycles. The highest BCUT2D eigenvalue weighted by molar-refractivity contribution is 5.75. The molecule has 0 unspecified atom stereocenters. The van der Waals surface area contributed by atoms with Crippen molar-refractivity contribution in [1.82, 2.24) is 0 Å². The molecule has 0 aliphatic carbocycles. The van der Waals surface area contributed by atoms with Crippen molar-refractivity contribution in [2.45, 2.75) is 20.0 Å². The van der Waals surface area contributed by atoms with E-state index in [1.54, 1.807) is 14.0 Å². The Labute approximate surface area is 90.0 Å². The minimum Gasteiger partial charge on any atom is -0.493 e. The van der Waals surface area contributed by atoms with Crippen molar-refractivity contribution < 1.29 is 14.3 Å². The molecule has 0 aliphatic rings. The molecule has 1 aromatic carbocycles. The predicted molar refractivity (Wildman–Crippen MR) is 57.9 cm³/mol. The number of carbonyl (C=O) groups is 1. The van der Waals surface area contributed by atoms with Gasteiger partial charge in [0.2, 0.25) is 0 Å². The molecule has 0 atom stereocenters. The molecule has 1 aromatic rings. The number of carbonyl (C=O) groups excluding carboxylic acids is 1. The van der Waals surface area contributed by atoms with E-state index in [9.17, 15) is 4.79 Å². The van der Waals surface area contributed by atoms with Gasteiger partial charge in [0.1, 0.15) is 11.5 Å².